The van der Waals surface area contributed by atoms with Crippen LogP contribution in [-0.4, -0.2) is 37.0 Å². The minimum absolute atomic E-state index is 0. The van der Waals surface area contributed by atoms with Crippen LogP contribution in [0.15, 0.2) is 0 Å². The van der Waals surface area contributed by atoms with Crippen molar-refractivity contribution in [1.82, 2.24) is 10.2 Å². The Bertz CT molecular complexity index is 286. The maximum Gasteiger partial charge on any atom is 0.228 e. The van der Waals surface area contributed by atoms with Crippen LogP contribution in [0.1, 0.15) is 32.6 Å². The molecule has 2 aliphatic heterocycles. The molecule has 0 spiro atoms. The standard InChI is InChI=1S/C13H22N2O.ClH/c1-2-13(4-3-5-13)12(16)15-8-10-6-14-7-11(10)9-15;/h10-11,14H,2-9H2,1H3;1H/t10-,11+;. The zero-order valence-electron chi connectivity index (χ0n) is 10.6. The number of likely N-dealkylation sites (tertiary alicyclic amines) is 1. The van der Waals surface area contributed by atoms with Gasteiger partial charge in [0.1, 0.15) is 0 Å². The van der Waals surface area contributed by atoms with Crippen molar-refractivity contribution < 1.29 is 4.79 Å². The number of carbonyl (C=O) groups is 1. The van der Waals surface area contributed by atoms with Crippen LogP contribution in [-0.2, 0) is 4.79 Å². The van der Waals surface area contributed by atoms with Crippen molar-refractivity contribution in [1.29, 1.82) is 0 Å². The highest BCUT2D eigenvalue weighted by Crippen LogP contribution is 2.46. The molecule has 0 radical (unpaired) electrons. The molecule has 98 valence electrons. The molecule has 3 nitrogen and oxygen atoms in total. The lowest BCUT2D eigenvalue weighted by atomic mass is 9.66. The molecule has 1 amide bonds. The van der Waals surface area contributed by atoms with E-state index in [0.717, 1.165) is 57.3 Å². The predicted molar refractivity (Wildman–Crippen MR) is 70.3 cm³/mol. The van der Waals surface area contributed by atoms with Crippen LogP contribution in [0.25, 0.3) is 0 Å². The van der Waals surface area contributed by atoms with E-state index in [2.05, 4.69) is 17.1 Å². The molecule has 2 saturated heterocycles. The van der Waals surface area contributed by atoms with Crippen LogP contribution in [0.2, 0.25) is 0 Å². The van der Waals surface area contributed by atoms with Gasteiger partial charge in [0, 0.05) is 31.6 Å². The zero-order chi connectivity index (χ0) is 11.2. The van der Waals surface area contributed by atoms with Gasteiger partial charge in [-0.15, -0.1) is 12.4 Å². The number of fused-ring (bicyclic) bond motifs is 1. The third kappa shape index (κ3) is 1.97. The quantitative estimate of drug-likeness (QED) is 0.817. The summed E-state index contributed by atoms with van der Waals surface area (Å²) >= 11 is 0. The van der Waals surface area contributed by atoms with Crippen molar-refractivity contribution in [2.24, 2.45) is 17.3 Å². The van der Waals surface area contributed by atoms with E-state index in [0.29, 0.717) is 5.91 Å². The molecule has 0 aromatic carbocycles. The van der Waals surface area contributed by atoms with Gasteiger partial charge in [-0.25, -0.2) is 0 Å². The van der Waals surface area contributed by atoms with Crippen molar-refractivity contribution in [3.8, 4) is 0 Å². The third-order valence-electron chi connectivity index (χ3n) is 5.12. The highest BCUT2D eigenvalue weighted by molar-refractivity contribution is 5.85. The summed E-state index contributed by atoms with van der Waals surface area (Å²) in [4.78, 5) is 14.7. The Labute approximate surface area is 110 Å². The molecule has 3 aliphatic rings. The van der Waals surface area contributed by atoms with Gasteiger partial charge in [-0.3, -0.25) is 4.79 Å². The van der Waals surface area contributed by atoms with Crippen LogP contribution in [0.5, 0.6) is 0 Å². The minimum atomic E-state index is 0. The lowest BCUT2D eigenvalue weighted by Gasteiger charge is -2.42. The number of nitrogens with zero attached hydrogens (tertiary/aromatic N) is 1. The highest BCUT2D eigenvalue weighted by Gasteiger charge is 2.48. The van der Waals surface area contributed by atoms with Gasteiger partial charge in [0.2, 0.25) is 5.91 Å². The van der Waals surface area contributed by atoms with Gasteiger partial charge in [0.25, 0.3) is 0 Å². The molecule has 0 bridgehead atoms. The topological polar surface area (TPSA) is 32.3 Å². The van der Waals surface area contributed by atoms with Crippen molar-refractivity contribution in [3.63, 3.8) is 0 Å². The summed E-state index contributed by atoms with van der Waals surface area (Å²) in [6.45, 7) is 6.44. The van der Waals surface area contributed by atoms with E-state index in [1.54, 1.807) is 0 Å². The van der Waals surface area contributed by atoms with Gasteiger partial charge in [-0.05, 0) is 31.1 Å². The molecule has 0 aromatic heterocycles. The van der Waals surface area contributed by atoms with E-state index in [1.165, 1.54) is 6.42 Å². The van der Waals surface area contributed by atoms with Gasteiger partial charge in [-0.2, -0.15) is 0 Å². The molecule has 2 atom stereocenters. The number of carbonyl (C=O) groups excluding carboxylic acids is 1. The second-order valence-corrected chi connectivity index (χ2v) is 5.88. The van der Waals surface area contributed by atoms with E-state index >= 15 is 0 Å². The highest BCUT2D eigenvalue weighted by atomic mass is 35.5. The van der Waals surface area contributed by atoms with Gasteiger partial charge in [0.15, 0.2) is 0 Å². The number of hydrogen-bond donors (Lipinski definition) is 1. The van der Waals surface area contributed by atoms with Gasteiger partial charge < -0.3 is 10.2 Å². The normalized spacial score (nSPS) is 33.8. The fourth-order valence-electron chi connectivity index (χ4n) is 3.68. The molecule has 0 unspecified atom stereocenters. The van der Waals surface area contributed by atoms with Crippen LogP contribution in [0.4, 0.5) is 0 Å². The van der Waals surface area contributed by atoms with Crippen LogP contribution >= 0.6 is 12.4 Å². The lowest BCUT2D eigenvalue weighted by molar-refractivity contribution is -0.147. The average Bonchev–Trinajstić information content (AvgIpc) is 2.75. The molecule has 1 aliphatic carbocycles. The first kappa shape index (κ1) is 13.2. The average molecular weight is 259 g/mol. The van der Waals surface area contributed by atoms with Crippen LogP contribution in [0.3, 0.4) is 0 Å². The second kappa shape index (κ2) is 4.77. The van der Waals surface area contributed by atoms with Gasteiger partial charge >= 0.3 is 0 Å². The molecular weight excluding hydrogens is 236 g/mol. The van der Waals surface area contributed by atoms with Crippen molar-refractivity contribution in [2.75, 3.05) is 26.2 Å². The summed E-state index contributed by atoms with van der Waals surface area (Å²) in [6.07, 6.45) is 4.55. The molecule has 4 heteroatoms. The van der Waals surface area contributed by atoms with Crippen LogP contribution < -0.4 is 5.32 Å². The predicted octanol–water partition coefficient (Wildman–Crippen LogP) is 1.67. The van der Waals surface area contributed by atoms with E-state index in [9.17, 15) is 4.79 Å². The van der Waals surface area contributed by atoms with Gasteiger partial charge in [0.05, 0.1) is 0 Å². The zero-order valence-corrected chi connectivity index (χ0v) is 11.4. The summed E-state index contributed by atoms with van der Waals surface area (Å²) in [5, 5.41) is 3.43. The first-order valence-electron chi connectivity index (χ1n) is 6.75. The van der Waals surface area contributed by atoms with E-state index in [1.807, 2.05) is 0 Å². The Hall–Kier alpha value is -0.280. The number of amides is 1. The number of hydrogen-bond acceptors (Lipinski definition) is 2. The molecular formula is C13H23ClN2O. The third-order valence-corrected chi connectivity index (χ3v) is 5.12. The fourth-order valence-corrected chi connectivity index (χ4v) is 3.68. The Morgan fingerprint density at radius 2 is 1.88 bits per heavy atom. The Morgan fingerprint density at radius 3 is 2.29 bits per heavy atom. The fraction of sp³-hybridized carbons (Fsp3) is 0.923. The maximum absolute atomic E-state index is 12.5. The number of rotatable bonds is 2. The first-order chi connectivity index (χ1) is 7.75. The summed E-state index contributed by atoms with van der Waals surface area (Å²) in [5.41, 5.74) is 0.0477. The van der Waals surface area contributed by atoms with Crippen molar-refractivity contribution >= 4 is 18.3 Å². The molecule has 1 saturated carbocycles. The number of nitrogens with one attached hydrogen (secondary N) is 1. The molecule has 2 heterocycles. The number of halogens is 1. The minimum Gasteiger partial charge on any atom is -0.342 e. The van der Waals surface area contributed by atoms with E-state index in [4.69, 9.17) is 0 Å². The Kier molecular flexibility index (Phi) is 3.69. The summed E-state index contributed by atoms with van der Waals surface area (Å²) in [5.74, 6) is 1.94. The smallest absolute Gasteiger partial charge is 0.228 e. The van der Waals surface area contributed by atoms with E-state index < -0.39 is 0 Å². The van der Waals surface area contributed by atoms with Crippen LogP contribution in [0, 0.1) is 17.3 Å². The summed E-state index contributed by atoms with van der Waals surface area (Å²) < 4.78 is 0. The molecule has 3 fully saturated rings. The summed E-state index contributed by atoms with van der Waals surface area (Å²) in [6, 6.07) is 0. The Morgan fingerprint density at radius 1 is 1.29 bits per heavy atom. The maximum atomic E-state index is 12.5. The first-order valence-corrected chi connectivity index (χ1v) is 6.75. The molecule has 3 rings (SSSR count). The van der Waals surface area contributed by atoms with Gasteiger partial charge in [-0.1, -0.05) is 13.3 Å². The second-order valence-electron chi connectivity index (χ2n) is 5.88. The molecule has 0 aromatic rings. The summed E-state index contributed by atoms with van der Waals surface area (Å²) in [7, 11) is 0. The SMILES string of the molecule is CCC1(C(=O)N2C[C@H]3CNC[C@H]3C2)CCC1.Cl. The monoisotopic (exact) mass is 258 g/mol. The van der Waals surface area contributed by atoms with Crippen molar-refractivity contribution in [3.05, 3.63) is 0 Å². The molecule has 17 heavy (non-hydrogen) atoms. The van der Waals surface area contributed by atoms with Crippen molar-refractivity contribution in [2.45, 2.75) is 32.6 Å². The molecule has 1 N–H and O–H groups in total. The Balaban J connectivity index is 0.00000108. The largest absolute Gasteiger partial charge is 0.342 e. The lowest BCUT2D eigenvalue weighted by Crippen LogP contribution is -2.47. The van der Waals surface area contributed by atoms with E-state index in [-0.39, 0.29) is 17.8 Å².